The Bertz CT molecular complexity index is 391. The van der Waals surface area contributed by atoms with Crippen molar-refractivity contribution in [1.82, 2.24) is 0 Å². The summed E-state index contributed by atoms with van der Waals surface area (Å²) in [5, 5.41) is 0.153. The lowest BCUT2D eigenvalue weighted by atomic mass is 10.1. The number of carbonyl (C=O) groups excluding carboxylic acids is 1. The van der Waals surface area contributed by atoms with E-state index >= 15 is 0 Å². The smallest absolute Gasteiger partial charge is 0.387 e. The molecule has 2 nitrogen and oxygen atoms in total. The van der Waals surface area contributed by atoms with E-state index in [0.717, 1.165) is 0 Å². The fourth-order valence-electron chi connectivity index (χ4n) is 1.16. The Labute approximate surface area is 90.8 Å². The second-order valence-corrected chi connectivity index (χ2v) is 3.36. The van der Waals surface area contributed by atoms with Gasteiger partial charge in [-0.25, -0.2) is 0 Å². The molecule has 1 rings (SSSR count). The first kappa shape index (κ1) is 11.9. The van der Waals surface area contributed by atoms with Crippen LogP contribution in [0.4, 0.5) is 8.78 Å². The maximum absolute atomic E-state index is 12.0. The van der Waals surface area contributed by atoms with Gasteiger partial charge < -0.3 is 4.74 Å². The van der Waals surface area contributed by atoms with Crippen LogP contribution in [0.1, 0.15) is 22.8 Å². The minimum absolute atomic E-state index is 0.0139. The molecule has 0 aliphatic rings. The second-order valence-electron chi connectivity index (χ2n) is 2.98. The minimum Gasteiger partial charge on any atom is -0.435 e. The molecule has 1 aromatic rings. The maximum atomic E-state index is 12.0. The van der Waals surface area contributed by atoms with Gasteiger partial charge in [0.1, 0.15) is 5.75 Å². The lowest BCUT2D eigenvalue weighted by Crippen LogP contribution is -2.05. The highest BCUT2D eigenvalue weighted by molar-refractivity contribution is 6.34. The van der Waals surface area contributed by atoms with Gasteiger partial charge in [0.2, 0.25) is 0 Å². The molecule has 0 bridgehead atoms. The lowest BCUT2D eigenvalue weighted by Gasteiger charge is -2.10. The van der Waals surface area contributed by atoms with Gasteiger partial charge in [-0.2, -0.15) is 8.78 Å². The highest BCUT2D eigenvalue weighted by Gasteiger charge is 2.14. The Morgan fingerprint density at radius 1 is 1.47 bits per heavy atom. The number of hydrogen-bond acceptors (Lipinski definition) is 2. The van der Waals surface area contributed by atoms with Gasteiger partial charge in [0.25, 0.3) is 0 Å². The Balaban J connectivity index is 3.15. The number of Topliss-reactive ketones (excluding diaryl/α,β-unsaturated/α-hetero) is 1. The Kier molecular flexibility index (Phi) is 3.63. The zero-order valence-corrected chi connectivity index (χ0v) is 8.94. The number of benzene rings is 1. The molecule has 0 spiro atoms. The molecular weight excluding hydrogens is 226 g/mol. The Morgan fingerprint density at radius 3 is 2.53 bits per heavy atom. The van der Waals surface area contributed by atoms with E-state index in [1.807, 2.05) is 0 Å². The molecule has 5 heteroatoms. The predicted octanol–water partition coefficient (Wildman–Crippen LogP) is 3.45. The standard InChI is InChI=1S/C10H9ClF2O2/c1-5-8(15-10(12)13)4-3-7(6(2)14)9(5)11/h3-4,10H,1-2H3. The molecule has 0 aliphatic carbocycles. The largest absolute Gasteiger partial charge is 0.435 e. The van der Waals surface area contributed by atoms with Crippen molar-refractivity contribution in [2.24, 2.45) is 0 Å². The van der Waals surface area contributed by atoms with Crippen LogP contribution in [-0.2, 0) is 0 Å². The van der Waals surface area contributed by atoms with Crippen molar-refractivity contribution in [3.05, 3.63) is 28.3 Å². The fourth-order valence-corrected chi connectivity index (χ4v) is 1.45. The highest BCUT2D eigenvalue weighted by atomic mass is 35.5. The first-order chi connectivity index (χ1) is 6.93. The summed E-state index contributed by atoms with van der Waals surface area (Å²) in [6.07, 6.45) is 0. The van der Waals surface area contributed by atoms with Crippen molar-refractivity contribution in [3.63, 3.8) is 0 Å². The van der Waals surface area contributed by atoms with Gasteiger partial charge in [0, 0.05) is 11.1 Å². The number of halogens is 3. The Morgan fingerprint density at radius 2 is 2.07 bits per heavy atom. The molecule has 1 aromatic carbocycles. The molecular formula is C10H9ClF2O2. The molecule has 0 fully saturated rings. The molecule has 0 saturated carbocycles. The molecule has 15 heavy (non-hydrogen) atoms. The minimum atomic E-state index is -2.90. The molecule has 0 heterocycles. The van der Waals surface area contributed by atoms with E-state index in [2.05, 4.69) is 4.74 Å². The summed E-state index contributed by atoms with van der Waals surface area (Å²) in [6.45, 7) is -0.0243. The number of alkyl halides is 2. The van der Waals surface area contributed by atoms with Gasteiger partial charge in [-0.1, -0.05) is 11.6 Å². The molecule has 0 N–H and O–H groups in total. The molecule has 0 radical (unpaired) electrons. The van der Waals surface area contributed by atoms with Crippen LogP contribution in [0.5, 0.6) is 5.75 Å². The van der Waals surface area contributed by atoms with Crippen molar-refractivity contribution in [1.29, 1.82) is 0 Å². The van der Waals surface area contributed by atoms with Gasteiger partial charge in [-0.05, 0) is 26.0 Å². The molecule has 0 unspecified atom stereocenters. The zero-order valence-electron chi connectivity index (χ0n) is 8.18. The van der Waals surface area contributed by atoms with Gasteiger partial charge in [-0.15, -0.1) is 0 Å². The topological polar surface area (TPSA) is 26.3 Å². The van der Waals surface area contributed by atoms with E-state index < -0.39 is 6.61 Å². The van der Waals surface area contributed by atoms with E-state index in [0.29, 0.717) is 11.1 Å². The quantitative estimate of drug-likeness (QED) is 0.749. The monoisotopic (exact) mass is 234 g/mol. The maximum Gasteiger partial charge on any atom is 0.387 e. The third-order valence-corrected chi connectivity index (χ3v) is 2.42. The van der Waals surface area contributed by atoms with E-state index in [-0.39, 0.29) is 16.6 Å². The van der Waals surface area contributed by atoms with Gasteiger partial charge in [-0.3, -0.25) is 4.79 Å². The van der Waals surface area contributed by atoms with Crippen LogP contribution in [-0.4, -0.2) is 12.4 Å². The van der Waals surface area contributed by atoms with Crippen LogP contribution < -0.4 is 4.74 Å². The summed E-state index contributed by atoms with van der Waals surface area (Å²) in [6, 6.07) is 2.68. The van der Waals surface area contributed by atoms with Crippen LogP contribution in [0, 0.1) is 6.92 Å². The molecule has 0 saturated heterocycles. The molecule has 0 atom stereocenters. The average Bonchev–Trinajstić information content (AvgIpc) is 2.12. The van der Waals surface area contributed by atoms with Crippen molar-refractivity contribution in [3.8, 4) is 5.75 Å². The van der Waals surface area contributed by atoms with Gasteiger partial charge in [0.05, 0.1) is 5.02 Å². The highest BCUT2D eigenvalue weighted by Crippen LogP contribution is 2.30. The second kappa shape index (κ2) is 4.57. The Hall–Kier alpha value is -1.16. The third-order valence-electron chi connectivity index (χ3n) is 1.93. The molecule has 82 valence electrons. The summed E-state index contributed by atoms with van der Waals surface area (Å²) in [5.41, 5.74) is 0.639. The SMILES string of the molecule is CC(=O)c1ccc(OC(F)F)c(C)c1Cl. The van der Waals surface area contributed by atoms with E-state index in [1.165, 1.54) is 26.0 Å². The number of ether oxygens (including phenoxy) is 1. The van der Waals surface area contributed by atoms with Crippen molar-refractivity contribution < 1.29 is 18.3 Å². The van der Waals surface area contributed by atoms with E-state index in [1.54, 1.807) is 0 Å². The van der Waals surface area contributed by atoms with Crippen LogP contribution in [0.2, 0.25) is 5.02 Å². The third kappa shape index (κ3) is 2.65. The number of hydrogen-bond donors (Lipinski definition) is 0. The summed E-state index contributed by atoms with van der Waals surface area (Å²) in [5.74, 6) is -0.230. The lowest BCUT2D eigenvalue weighted by molar-refractivity contribution is -0.0502. The van der Waals surface area contributed by atoms with Crippen molar-refractivity contribution >= 4 is 17.4 Å². The number of carbonyl (C=O) groups is 1. The number of ketones is 1. The van der Waals surface area contributed by atoms with E-state index in [9.17, 15) is 13.6 Å². The van der Waals surface area contributed by atoms with Crippen LogP contribution in [0.3, 0.4) is 0 Å². The normalized spacial score (nSPS) is 10.5. The van der Waals surface area contributed by atoms with Crippen LogP contribution >= 0.6 is 11.6 Å². The summed E-state index contributed by atoms with van der Waals surface area (Å²) in [7, 11) is 0. The summed E-state index contributed by atoms with van der Waals surface area (Å²) in [4.78, 5) is 11.1. The first-order valence-corrected chi connectivity index (χ1v) is 4.56. The molecule has 0 aliphatic heterocycles. The summed E-state index contributed by atoms with van der Waals surface area (Å²) >= 11 is 5.83. The predicted molar refractivity (Wildman–Crippen MR) is 52.8 cm³/mol. The summed E-state index contributed by atoms with van der Waals surface area (Å²) < 4.78 is 28.1. The van der Waals surface area contributed by atoms with Gasteiger partial charge >= 0.3 is 6.61 Å². The fraction of sp³-hybridized carbons (Fsp3) is 0.300. The van der Waals surface area contributed by atoms with Crippen LogP contribution in [0.15, 0.2) is 12.1 Å². The molecule has 0 amide bonds. The van der Waals surface area contributed by atoms with Crippen LogP contribution in [0.25, 0.3) is 0 Å². The van der Waals surface area contributed by atoms with Gasteiger partial charge in [0.15, 0.2) is 5.78 Å². The van der Waals surface area contributed by atoms with E-state index in [4.69, 9.17) is 11.6 Å². The first-order valence-electron chi connectivity index (χ1n) is 4.18. The van der Waals surface area contributed by atoms with Crippen molar-refractivity contribution in [2.45, 2.75) is 20.5 Å². The zero-order chi connectivity index (χ0) is 11.6. The average molecular weight is 235 g/mol. The van der Waals surface area contributed by atoms with Crippen molar-refractivity contribution in [2.75, 3.05) is 0 Å². The number of rotatable bonds is 3. The molecule has 0 aromatic heterocycles.